The number of sulfonamides is 1. The van der Waals surface area contributed by atoms with Crippen LogP contribution >= 0.6 is 0 Å². The third-order valence-electron chi connectivity index (χ3n) is 3.28. The Kier molecular flexibility index (Phi) is 6.24. The molecule has 0 saturated carbocycles. The Morgan fingerprint density at radius 1 is 1.24 bits per heavy atom. The van der Waals surface area contributed by atoms with Crippen molar-refractivity contribution in [1.82, 2.24) is 10.0 Å². The van der Waals surface area contributed by atoms with E-state index in [1.165, 1.54) is 0 Å². The van der Waals surface area contributed by atoms with E-state index in [4.69, 9.17) is 0 Å². The van der Waals surface area contributed by atoms with Crippen LogP contribution in [0.25, 0.3) is 0 Å². The molecule has 1 unspecified atom stereocenters. The molecule has 1 rings (SSSR count). The molecule has 1 aromatic carbocycles. The van der Waals surface area contributed by atoms with Crippen LogP contribution in [0, 0.1) is 17.6 Å². The lowest BCUT2D eigenvalue weighted by molar-refractivity contribution is 0.432. The Hall–Kier alpha value is -1.05. The topological polar surface area (TPSA) is 58.2 Å². The largest absolute Gasteiger partial charge is 0.316 e. The van der Waals surface area contributed by atoms with Gasteiger partial charge in [-0.2, -0.15) is 0 Å². The Morgan fingerprint density at radius 3 is 2.33 bits per heavy atom. The van der Waals surface area contributed by atoms with Crippen molar-refractivity contribution in [3.05, 3.63) is 29.3 Å². The molecule has 0 saturated heterocycles. The number of benzene rings is 1. The second kappa shape index (κ2) is 7.29. The molecule has 0 fully saturated rings. The summed E-state index contributed by atoms with van der Waals surface area (Å²) < 4.78 is 54.5. The molecular formula is C14H22F2N2O2S. The predicted octanol–water partition coefficient (Wildman–Crippen LogP) is 2.40. The second-order valence-corrected chi connectivity index (χ2v) is 6.98. The summed E-state index contributed by atoms with van der Waals surface area (Å²) >= 11 is 0. The maximum absolute atomic E-state index is 13.9. The quantitative estimate of drug-likeness (QED) is 0.811. The zero-order chi connectivity index (χ0) is 16.2. The van der Waals surface area contributed by atoms with Crippen LogP contribution in [0.5, 0.6) is 0 Å². The average Bonchev–Trinajstić information content (AvgIpc) is 2.39. The lowest BCUT2D eigenvalue weighted by atomic mass is 10.0. The minimum atomic E-state index is -4.10. The summed E-state index contributed by atoms with van der Waals surface area (Å²) in [5, 5.41) is 2.78. The SMILES string of the molecule is CCC(NS(=O)(=O)c1cc(CNC)cc(F)c1F)C(C)C. The van der Waals surface area contributed by atoms with Crippen LogP contribution in [-0.2, 0) is 16.6 Å². The molecule has 0 aromatic heterocycles. The Bertz CT molecular complexity index is 589. The van der Waals surface area contributed by atoms with Gasteiger partial charge in [0.1, 0.15) is 4.90 Å². The molecule has 1 atom stereocenters. The van der Waals surface area contributed by atoms with Gasteiger partial charge in [0.15, 0.2) is 11.6 Å². The number of halogens is 2. The molecule has 0 bridgehead atoms. The molecule has 0 aliphatic rings. The van der Waals surface area contributed by atoms with E-state index >= 15 is 0 Å². The molecule has 120 valence electrons. The van der Waals surface area contributed by atoms with Gasteiger partial charge in [-0.3, -0.25) is 0 Å². The molecule has 1 aromatic rings. The molecular weight excluding hydrogens is 298 g/mol. The molecule has 0 aliphatic carbocycles. The van der Waals surface area contributed by atoms with Crippen LogP contribution in [0.3, 0.4) is 0 Å². The van der Waals surface area contributed by atoms with Crippen LogP contribution in [0.15, 0.2) is 17.0 Å². The molecule has 0 radical (unpaired) electrons. The molecule has 0 heterocycles. The van der Waals surface area contributed by atoms with Gasteiger partial charge >= 0.3 is 0 Å². The number of hydrogen-bond acceptors (Lipinski definition) is 3. The lowest BCUT2D eigenvalue weighted by Crippen LogP contribution is -2.38. The molecule has 0 amide bonds. The first-order valence-electron chi connectivity index (χ1n) is 6.87. The van der Waals surface area contributed by atoms with E-state index in [0.717, 1.165) is 12.1 Å². The molecule has 4 nitrogen and oxygen atoms in total. The first kappa shape index (κ1) is 18.0. The molecule has 0 spiro atoms. The van der Waals surface area contributed by atoms with E-state index in [0.29, 0.717) is 12.0 Å². The predicted molar refractivity (Wildman–Crippen MR) is 78.4 cm³/mol. The Labute approximate surface area is 125 Å². The van der Waals surface area contributed by atoms with Crippen molar-refractivity contribution in [1.29, 1.82) is 0 Å². The maximum Gasteiger partial charge on any atom is 0.243 e. The smallest absolute Gasteiger partial charge is 0.243 e. The zero-order valence-electron chi connectivity index (χ0n) is 12.7. The summed E-state index contributed by atoms with van der Waals surface area (Å²) in [5.41, 5.74) is 0.370. The molecule has 7 heteroatoms. The Morgan fingerprint density at radius 2 is 1.86 bits per heavy atom. The van der Waals surface area contributed by atoms with Gasteiger partial charge in [0.2, 0.25) is 10.0 Å². The van der Waals surface area contributed by atoms with Gasteiger partial charge < -0.3 is 5.32 Å². The highest BCUT2D eigenvalue weighted by Gasteiger charge is 2.26. The third-order valence-corrected chi connectivity index (χ3v) is 4.77. The van der Waals surface area contributed by atoms with Crippen LogP contribution < -0.4 is 10.0 Å². The van der Waals surface area contributed by atoms with Crippen LogP contribution in [-0.4, -0.2) is 21.5 Å². The summed E-state index contributed by atoms with van der Waals surface area (Å²) in [7, 11) is -2.46. The summed E-state index contributed by atoms with van der Waals surface area (Å²) in [4.78, 5) is -0.646. The summed E-state index contributed by atoms with van der Waals surface area (Å²) in [6.07, 6.45) is 0.567. The fourth-order valence-corrected chi connectivity index (χ4v) is 3.68. The highest BCUT2D eigenvalue weighted by molar-refractivity contribution is 7.89. The van der Waals surface area contributed by atoms with Crippen molar-refractivity contribution in [2.45, 2.75) is 44.7 Å². The fraction of sp³-hybridized carbons (Fsp3) is 0.571. The zero-order valence-corrected chi connectivity index (χ0v) is 13.5. The van der Waals surface area contributed by atoms with Crippen molar-refractivity contribution in [2.24, 2.45) is 5.92 Å². The van der Waals surface area contributed by atoms with Gasteiger partial charge in [-0.05, 0) is 37.1 Å². The minimum Gasteiger partial charge on any atom is -0.316 e. The second-order valence-electron chi connectivity index (χ2n) is 5.30. The van der Waals surface area contributed by atoms with Crippen LogP contribution in [0.4, 0.5) is 8.78 Å². The van der Waals surface area contributed by atoms with Gasteiger partial charge in [0.25, 0.3) is 0 Å². The number of rotatable bonds is 7. The van der Waals surface area contributed by atoms with Gasteiger partial charge in [0, 0.05) is 12.6 Å². The van der Waals surface area contributed by atoms with E-state index < -0.39 is 26.6 Å². The normalized spacial score (nSPS) is 13.7. The van der Waals surface area contributed by atoms with Gasteiger partial charge in [-0.1, -0.05) is 20.8 Å². The van der Waals surface area contributed by atoms with Gasteiger partial charge in [0.05, 0.1) is 0 Å². The lowest BCUT2D eigenvalue weighted by Gasteiger charge is -2.21. The monoisotopic (exact) mass is 320 g/mol. The van der Waals surface area contributed by atoms with E-state index in [1.807, 2.05) is 20.8 Å². The summed E-state index contributed by atoms with van der Waals surface area (Å²) in [5.74, 6) is -2.46. The average molecular weight is 320 g/mol. The first-order valence-corrected chi connectivity index (χ1v) is 8.36. The first-order chi connectivity index (χ1) is 9.72. The van der Waals surface area contributed by atoms with E-state index in [9.17, 15) is 17.2 Å². The van der Waals surface area contributed by atoms with Gasteiger partial charge in [-0.15, -0.1) is 0 Å². The van der Waals surface area contributed by atoms with Crippen LogP contribution in [0.1, 0.15) is 32.8 Å². The van der Waals surface area contributed by atoms with Crippen molar-refractivity contribution >= 4 is 10.0 Å². The summed E-state index contributed by atoms with van der Waals surface area (Å²) in [6, 6.07) is 1.82. The third kappa shape index (κ3) is 4.46. The Balaban J connectivity index is 3.24. The van der Waals surface area contributed by atoms with E-state index in [2.05, 4.69) is 10.0 Å². The minimum absolute atomic E-state index is 0.0539. The van der Waals surface area contributed by atoms with Crippen molar-refractivity contribution in [3.8, 4) is 0 Å². The van der Waals surface area contributed by atoms with Crippen LogP contribution in [0.2, 0.25) is 0 Å². The molecule has 2 N–H and O–H groups in total. The standard InChI is InChI=1S/C14H22F2N2O2S/c1-5-12(9(2)3)18-21(19,20)13-7-10(8-17-4)6-11(15)14(13)16/h6-7,9,12,17-18H,5,8H2,1-4H3. The van der Waals surface area contributed by atoms with Crippen molar-refractivity contribution in [3.63, 3.8) is 0 Å². The molecule has 0 aliphatic heterocycles. The summed E-state index contributed by atoms with van der Waals surface area (Å²) in [6.45, 7) is 5.82. The fourth-order valence-electron chi connectivity index (χ4n) is 2.07. The highest BCUT2D eigenvalue weighted by atomic mass is 32.2. The molecule has 21 heavy (non-hydrogen) atoms. The maximum atomic E-state index is 13.9. The number of hydrogen-bond donors (Lipinski definition) is 2. The highest BCUT2D eigenvalue weighted by Crippen LogP contribution is 2.21. The number of nitrogens with one attached hydrogen (secondary N) is 2. The van der Waals surface area contributed by atoms with Crippen molar-refractivity contribution < 1.29 is 17.2 Å². The van der Waals surface area contributed by atoms with Gasteiger partial charge in [-0.25, -0.2) is 21.9 Å². The van der Waals surface area contributed by atoms with E-state index in [-0.39, 0.29) is 18.5 Å². The van der Waals surface area contributed by atoms with E-state index in [1.54, 1.807) is 7.05 Å². The van der Waals surface area contributed by atoms with Crippen molar-refractivity contribution in [2.75, 3.05) is 7.05 Å².